The molecule has 27 heavy (non-hydrogen) atoms. The number of hydrogen-bond donors (Lipinski definition) is 0. The van der Waals surface area contributed by atoms with Crippen LogP contribution in [0.4, 0.5) is 0 Å². The van der Waals surface area contributed by atoms with E-state index in [1.54, 1.807) is 0 Å². The van der Waals surface area contributed by atoms with Crippen LogP contribution < -0.4 is 0 Å². The van der Waals surface area contributed by atoms with Crippen molar-refractivity contribution in [1.82, 2.24) is 14.8 Å². The molecule has 1 aromatic heterocycles. The lowest BCUT2D eigenvalue weighted by molar-refractivity contribution is -0.145. The quantitative estimate of drug-likeness (QED) is 0.504. The van der Waals surface area contributed by atoms with Crippen molar-refractivity contribution in [3.63, 3.8) is 0 Å². The molecule has 1 fully saturated rings. The molecule has 5 nitrogen and oxygen atoms in total. The molecule has 0 spiro atoms. The molecule has 1 heterocycles. The number of carbonyl (C=O) groups is 1. The van der Waals surface area contributed by atoms with E-state index in [-0.39, 0.29) is 5.97 Å². The van der Waals surface area contributed by atoms with E-state index >= 15 is 0 Å². The van der Waals surface area contributed by atoms with E-state index in [0.717, 1.165) is 29.4 Å². The Morgan fingerprint density at radius 1 is 1.19 bits per heavy atom. The van der Waals surface area contributed by atoms with Crippen molar-refractivity contribution < 1.29 is 9.53 Å². The second-order valence-corrected chi connectivity index (χ2v) is 9.26. The SMILES string of the molecule is CCOC(=O)C(C)(C)Sc1nnc(-c2ccc(C)cc2)n1C1CCCCC1. The lowest BCUT2D eigenvalue weighted by Crippen LogP contribution is -2.30. The van der Waals surface area contributed by atoms with Crippen molar-refractivity contribution in [2.24, 2.45) is 0 Å². The summed E-state index contributed by atoms with van der Waals surface area (Å²) in [6.45, 7) is 8.08. The Kier molecular flexibility index (Phi) is 6.25. The van der Waals surface area contributed by atoms with Crippen LogP contribution in [-0.2, 0) is 9.53 Å². The van der Waals surface area contributed by atoms with Gasteiger partial charge in [0.15, 0.2) is 11.0 Å². The van der Waals surface area contributed by atoms with Gasteiger partial charge in [-0.05, 0) is 40.5 Å². The Hall–Kier alpha value is -1.82. The Morgan fingerprint density at radius 2 is 1.85 bits per heavy atom. The van der Waals surface area contributed by atoms with Gasteiger partial charge in [-0.1, -0.05) is 60.9 Å². The Labute approximate surface area is 165 Å². The number of aryl methyl sites for hydroxylation is 1. The number of nitrogens with zero attached hydrogens (tertiary/aromatic N) is 3. The summed E-state index contributed by atoms with van der Waals surface area (Å²) in [4.78, 5) is 12.4. The number of thioether (sulfide) groups is 1. The number of benzene rings is 1. The molecule has 1 aromatic carbocycles. The number of carbonyl (C=O) groups excluding carboxylic acids is 1. The van der Waals surface area contributed by atoms with Crippen LogP contribution in [-0.4, -0.2) is 32.1 Å². The first kappa shape index (κ1) is 19.9. The predicted octanol–water partition coefficient (Wildman–Crippen LogP) is 5.19. The third-order valence-corrected chi connectivity index (χ3v) is 6.17. The standard InChI is InChI=1S/C21H29N3O2S/c1-5-26-19(25)21(3,4)27-20-23-22-18(16-13-11-15(2)12-14-16)24(20)17-9-7-6-8-10-17/h11-14,17H,5-10H2,1-4H3. The summed E-state index contributed by atoms with van der Waals surface area (Å²) >= 11 is 1.45. The molecule has 1 saturated carbocycles. The second-order valence-electron chi connectivity index (χ2n) is 7.67. The van der Waals surface area contributed by atoms with E-state index in [2.05, 4.69) is 46.0 Å². The topological polar surface area (TPSA) is 57.0 Å². The molecule has 1 aliphatic carbocycles. The summed E-state index contributed by atoms with van der Waals surface area (Å²) in [7, 11) is 0. The highest BCUT2D eigenvalue weighted by Gasteiger charge is 2.34. The maximum Gasteiger partial charge on any atom is 0.322 e. The van der Waals surface area contributed by atoms with Gasteiger partial charge in [-0.3, -0.25) is 9.36 Å². The van der Waals surface area contributed by atoms with E-state index in [1.807, 2.05) is 20.8 Å². The summed E-state index contributed by atoms with van der Waals surface area (Å²) in [6.07, 6.45) is 5.99. The first-order valence-corrected chi connectivity index (χ1v) is 10.6. The van der Waals surface area contributed by atoms with Gasteiger partial charge in [0.1, 0.15) is 4.75 Å². The lowest BCUT2D eigenvalue weighted by atomic mass is 9.95. The zero-order chi connectivity index (χ0) is 19.4. The minimum absolute atomic E-state index is 0.218. The largest absolute Gasteiger partial charge is 0.465 e. The van der Waals surface area contributed by atoms with Crippen LogP contribution in [0.1, 0.15) is 64.5 Å². The molecule has 146 valence electrons. The molecule has 0 amide bonds. The first-order chi connectivity index (χ1) is 12.9. The molecule has 0 radical (unpaired) electrons. The van der Waals surface area contributed by atoms with Crippen molar-refractivity contribution in [1.29, 1.82) is 0 Å². The molecule has 2 aromatic rings. The highest BCUT2D eigenvalue weighted by molar-refractivity contribution is 8.01. The van der Waals surface area contributed by atoms with Crippen LogP contribution in [0, 0.1) is 6.92 Å². The molecular weight excluding hydrogens is 358 g/mol. The Bertz CT molecular complexity index is 777. The van der Waals surface area contributed by atoms with Crippen LogP contribution in [0.5, 0.6) is 0 Å². The van der Waals surface area contributed by atoms with Gasteiger partial charge >= 0.3 is 5.97 Å². The van der Waals surface area contributed by atoms with E-state index in [0.29, 0.717) is 12.6 Å². The molecule has 1 aliphatic rings. The van der Waals surface area contributed by atoms with Crippen LogP contribution in [0.15, 0.2) is 29.4 Å². The van der Waals surface area contributed by atoms with Gasteiger partial charge in [0.25, 0.3) is 0 Å². The van der Waals surface area contributed by atoms with Gasteiger partial charge in [0.05, 0.1) is 6.61 Å². The second kappa shape index (κ2) is 8.46. The summed E-state index contributed by atoms with van der Waals surface area (Å²) < 4.78 is 6.80. The maximum absolute atomic E-state index is 12.4. The third kappa shape index (κ3) is 4.54. The van der Waals surface area contributed by atoms with Crippen molar-refractivity contribution in [3.8, 4) is 11.4 Å². The van der Waals surface area contributed by atoms with Gasteiger partial charge in [-0.2, -0.15) is 0 Å². The van der Waals surface area contributed by atoms with Crippen molar-refractivity contribution in [3.05, 3.63) is 29.8 Å². The van der Waals surface area contributed by atoms with Gasteiger partial charge in [-0.25, -0.2) is 0 Å². The third-order valence-electron chi connectivity index (χ3n) is 5.03. The molecule has 0 bridgehead atoms. The number of hydrogen-bond acceptors (Lipinski definition) is 5. The van der Waals surface area contributed by atoms with Crippen LogP contribution in [0.3, 0.4) is 0 Å². The maximum atomic E-state index is 12.4. The van der Waals surface area contributed by atoms with Crippen molar-refractivity contribution in [2.45, 2.75) is 75.7 Å². The van der Waals surface area contributed by atoms with E-state index in [4.69, 9.17) is 4.74 Å². The fourth-order valence-corrected chi connectivity index (χ4v) is 4.50. The fraction of sp³-hybridized carbons (Fsp3) is 0.571. The van der Waals surface area contributed by atoms with Crippen LogP contribution in [0.2, 0.25) is 0 Å². The minimum Gasteiger partial charge on any atom is -0.465 e. The molecule has 0 saturated heterocycles. The van der Waals surface area contributed by atoms with Gasteiger partial charge in [0.2, 0.25) is 0 Å². The van der Waals surface area contributed by atoms with Crippen LogP contribution in [0.25, 0.3) is 11.4 Å². The monoisotopic (exact) mass is 387 g/mol. The van der Waals surface area contributed by atoms with Gasteiger partial charge < -0.3 is 4.74 Å². The zero-order valence-corrected chi connectivity index (χ0v) is 17.5. The summed E-state index contributed by atoms with van der Waals surface area (Å²) in [5.74, 6) is 0.675. The van der Waals surface area contributed by atoms with E-state index in [1.165, 1.54) is 36.6 Å². The summed E-state index contributed by atoms with van der Waals surface area (Å²) in [5.41, 5.74) is 2.29. The molecule has 6 heteroatoms. The summed E-state index contributed by atoms with van der Waals surface area (Å²) in [6, 6.07) is 8.79. The normalized spacial score (nSPS) is 15.7. The number of esters is 1. The molecule has 0 N–H and O–H groups in total. The van der Waals surface area contributed by atoms with Gasteiger partial charge in [0, 0.05) is 11.6 Å². The minimum atomic E-state index is -0.708. The number of aromatic nitrogens is 3. The first-order valence-electron chi connectivity index (χ1n) is 9.80. The molecule has 3 rings (SSSR count). The molecular formula is C21H29N3O2S. The number of rotatable bonds is 6. The average molecular weight is 388 g/mol. The van der Waals surface area contributed by atoms with Crippen LogP contribution >= 0.6 is 11.8 Å². The summed E-state index contributed by atoms with van der Waals surface area (Å²) in [5, 5.41) is 9.81. The molecule has 0 aliphatic heterocycles. The predicted molar refractivity (Wildman–Crippen MR) is 109 cm³/mol. The van der Waals surface area contributed by atoms with Crippen molar-refractivity contribution >= 4 is 17.7 Å². The van der Waals surface area contributed by atoms with E-state index in [9.17, 15) is 4.79 Å². The Morgan fingerprint density at radius 3 is 2.48 bits per heavy atom. The zero-order valence-electron chi connectivity index (χ0n) is 16.7. The van der Waals surface area contributed by atoms with E-state index < -0.39 is 4.75 Å². The highest BCUT2D eigenvalue weighted by Crippen LogP contribution is 2.39. The fourth-order valence-electron chi connectivity index (χ4n) is 3.49. The number of ether oxygens (including phenoxy) is 1. The lowest BCUT2D eigenvalue weighted by Gasteiger charge is -2.27. The van der Waals surface area contributed by atoms with Gasteiger partial charge in [-0.15, -0.1) is 10.2 Å². The van der Waals surface area contributed by atoms with Crippen molar-refractivity contribution in [2.75, 3.05) is 6.61 Å². The smallest absolute Gasteiger partial charge is 0.322 e. The average Bonchev–Trinajstić information content (AvgIpc) is 3.06. The molecule has 0 atom stereocenters. The molecule has 0 unspecified atom stereocenters. The highest BCUT2D eigenvalue weighted by atomic mass is 32.2. The Balaban J connectivity index is 1.98.